The molecule has 0 spiro atoms. The van der Waals surface area contributed by atoms with Gasteiger partial charge in [-0.15, -0.1) is 16.8 Å². The van der Waals surface area contributed by atoms with Crippen LogP contribution in [0.25, 0.3) is 11.4 Å². The molecular weight excluding hydrogens is 395 g/mol. The normalized spacial score (nSPS) is 10.7. The highest BCUT2D eigenvalue weighted by atomic mass is 32.2. The summed E-state index contributed by atoms with van der Waals surface area (Å²) in [6, 6.07) is 12.4. The minimum Gasteiger partial charge on any atom is -0.494 e. The lowest BCUT2D eigenvalue weighted by molar-refractivity contribution is -0.384. The molecule has 0 fully saturated rings. The van der Waals surface area contributed by atoms with E-state index in [4.69, 9.17) is 4.74 Å². The maximum absolute atomic E-state index is 14.1. The number of nitrogens with zero attached hydrogens (tertiary/aromatic N) is 4. The van der Waals surface area contributed by atoms with Crippen LogP contribution in [0.15, 0.2) is 66.3 Å². The number of thioether (sulfide) groups is 1. The monoisotopic (exact) mass is 414 g/mol. The lowest BCUT2D eigenvalue weighted by Crippen LogP contribution is -2.03. The van der Waals surface area contributed by atoms with Gasteiger partial charge in [0, 0.05) is 24.4 Å². The molecule has 0 saturated heterocycles. The highest BCUT2D eigenvalue weighted by Gasteiger charge is 2.16. The van der Waals surface area contributed by atoms with Crippen LogP contribution in [0.5, 0.6) is 5.75 Å². The van der Waals surface area contributed by atoms with Crippen molar-refractivity contribution in [1.29, 1.82) is 0 Å². The Morgan fingerprint density at radius 3 is 2.66 bits per heavy atom. The van der Waals surface area contributed by atoms with Crippen LogP contribution in [-0.4, -0.2) is 32.0 Å². The van der Waals surface area contributed by atoms with Crippen LogP contribution < -0.4 is 4.74 Å². The molecule has 0 bridgehead atoms. The van der Waals surface area contributed by atoms with E-state index in [2.05, 4.69) is 16.8 Å². The number of nitro groups is 1. The third kappa shape index (κ3) is 5.20. The lowest BCUT2D eigenvalue weighted by Gasteiger charge is -2.09. The van der Waals surface area contributed by atoms with E-state index in [0.717, 1.165) is 12.2 Å². The molecule has 9 heteroatoms. The van der Waals surface area contributed by atoms with E-state index in [1.165, 1.54) is 30.0 Å². The van der Waals surface area contributed by atoms with Crippen molar-refractivity contribution in [3.63, 3.8) is 0 Å². The van der Waals surface area contributed by atoms with E-state index in [0.29, 0.717) is 35.4 Å². The third-order valence-corrected chi connectivity index (χ3v) is 5.03. The zero-order valence-electron chi connectivity index (χ0n) is 15.5. The van der Waals surface area contributed by atoms with Crippen LogP contribution in [0.2, 0.25) is 0 Å². The molecule has 29 heavy (non-hydrogen) atoms. The zero-order chi connectivity index (χ0) is 20.6. The van der Waals surface area contributed by atoms with Gasteiger partial charge in [0.15, 0.2) is 11.0 Å². The van der Waals surface area contributed by atoms with E-state index in [-0.39, 0.29) is 11.5 Å². The number of hydrogen-bond donors (Lipinski definition) is 0. The van der Waals surface area contributed by atoms with E-state index in [1.807, 2.05) is 4.57 Å². The highest BCUT2D eigenvalue weighted by Crippen LogP contribution is 2.26. The minimum atomic E-state index is -0.449. The minimum absolute atomic E-state index is 0.0279. The van der Waals surface area contributed by atoms with Gasteiger partial charge >= 0.3 is 0 Å². The van der Waals surface area contributed by atoms with Crippen LogP contribution >= 0.6 is 11.8 Å². The van der Waals surface area contributed by atoms with Gasteiger partial charge in [0.25, 0.3) is 5.69 Å². The van der Waals surface area contributed by atoms with Crippen LogP contribution in [-0.2, 0) is 6.54 Å². The van der Waals surface area contributed by atoms with Gasteiger partial charge in [-0.05, 0) is 30.7 Å². The number of hydrogen-bond acceptors (Lipinski definition) is 6. The van der Waals surface area contributed by atoms with Gasteiger partial charge in [0.05, 0.1) is 17.1 Å². The maximum atomic E-state index is 14.1. The molecule has 0 unspecified atom stereocenters. The Morgan fingerprint density at radius 1 is 1.21 bits per heavy atom. The van der Waals surface area contributed by atoms with Crippen LogP contribution in [0, 0.1) is 15.9 Å². The number of nitro benzene ring substituents is 1. The SMILES string of the molecule is C=CCn1c(SCCCOc2ccc([N+](=O)[O-])cc2)nnc1-c1ccccc1F. The van der Waals surface area contributed by atoms with Crippen molar-refractivity contribution in [1.82, 2.24) is 14.8 Å². The summed E-state index contributed by atoms with van der Waals surface area (Å²) in [5.41, 5.74) is 0.426. The average molecular weight is 414 g/mol. The van der Waals surface area contributed by atoms with E-state index in [9.17, 15) is 14.5 Å². The Bertz CT molecular complexity index is 992. The van der Waals surface area contributed by atoms with Gasteiger partial charge in [0.1, 0.15) is 11.6 Å². The third-order valence-electron chi connectivity index (χ3n) is 3.98. The Labute approximate surface area is 171 Å². The molecule has 0 saturated carbocycles. The second-order valence-corrected chi connectivity index (χ2v) is 7.05. The molecule has 0 amide bonds. The van der Waals surface area contributed by atoms with Crippen molar-refractivity contribution < 1.29 is 14.1 Å². The molecule has 7 nitrogen and oxygen atoms in total. The predicted octanol–water partition coefficient (Wildman–Crippen LogP) is 4.74. The first-order chi connectivity index (χ1) is 14.1. The summed E-state index contributed by atoms with van der Waals surface area (Å²) in [5.74, 6) is 1.42. The molecular formula is C20H19FN4O3S. The van der Waals surface area contributed by atoms with Gasteiger partial charge < -0.3 is 4.74 Å². The summed E-state index contributed by atoms with van der Waals surface area (Å²) in [4.78, 5) is 10.2. The van der Waals surface area contributed by atoms with Crippen molar-refractivity contribution in [3.05, 3.63) is 77.1 Å². The van der Waals surface area contributed by atoms with Crippen molar-refractivity contribution in [2.45, 2.75) is 18.1 Å². The first-order valence-corrected chi connectivity index (χ1v) is 9.87. The average Bonchev–Trinajstić information content (AvgIpc) is 3.11. The van der Waals surface area contributed by atoms with Gasteiger partial charge in [-0.3, -0.25) is 14.7 Å². The van der Waals surface area contributed by atoms with E-state index in [1.54, 1.807) is 36.4 Å². The molecule has 2 aromatic carbocycles. The summed E-state index contributed by atoms with van der Waals surface area (Å²) in [7, 11) is 0. The number of benzene rings is 2. The molecule has 0 aliphatic carbocycles. The molecule has 1 heterocycles. The molecule has 0 aliphatic heterocycles. The predicted molar refractivity (Wildman–Crippen MR) is 110 cm³/mol. The zero-order valence-corrected chi connectivity index (χ0v) is 16.3. The standard InChI is InChI=1S/C20H19FN4O3S/c1-2-12-24-19(17-6-3-4-7-18(17)21)22-23-20(24)29-14-5-13-28-16-10-8-15(9-11-16)25(26)27/h2-4,6-11H,1,5,12-14H2. The molecule has 0 radical (unpaired) electrons. The molecule has 0 N–H and O–H groups in total. The second-order valence-electron chi connectivity index (χ2n) is 5.99. The fraction of sp³-hybridized carbons (Fsp3) is 0.200. The Morgan fingerprint density at radius 2 is 1.97 bits per heavy atom. The topological polar surface area (TPSA) is 83.1 Å². The first kappa shape index (κ1) is 20.5. The number of ether oxygens (including phenoxy) is 1. The summed E-state index contributed by atoms with van der Waals surface area (Å²) < 4.78 is 21.5. The number of rotatable bonds is 10. The molecule has 0 atom stereocenters. The van der Waals surface area contributed by atoms with Crippen LogP contribution in [0.1, 0.15) is 6.42 Å². The van der Waals surface area contributed by atoms with Crippen LogP contribution in [0.3, 0.4) is 0 Å². The summed E-state index contributed by atoms with van der Waals surface area (Å²) in [6.45, 7) is 4.68. The smallest absolute Gasteiger partial charge is 0.269 e. The summed E-state index contributed by atoms with van der Waals surface area (Å²) in [6.07, 6.45) is 2.45. The Balaban J connectivity index is 1.56. The van der Waals surface area contributed by atoms with Gasteiger partial charge in [-0.2, -0.15) is 0 Å². The summed E-state index contributed by atoms with van der Waals surface area (Å²) in [5, 5.41) is 19.7. The molecule has 3 rings (SSSR count). The number of halogens is 1. The van der Waals surface area contributed by atoms with Crippen LogP contribution in [0.4, 0.5) is 10.1 Å². The molecule has 3 aromatic rings. The van der Waals surface area contributed by atoms with Gasteiger partial charge in [-0.1, -0.05) is 30.0 Å². The lowest BCUT2D eigenvalue weighted by atomic mass is 10.2. The van der Waals surface area contributed by atoms with Crippen molar-refractivity contribution >= 4 is 17.4 Å². The highest BCUT2D eigenvalue weighted by molar-refractivity contribution is 7.99. The second kappa shape index (κ2) is 9.83. The maximum Gasteiger partial charge on any atom is 0.269 e. The quantitative estimate of drug-likeness (QED) is 0.157. The van der Waals surface area contributed by atoms with Crippen molar-refractivity contribution in [2.75, 3.05) is 12.4 Å². The summed E-state index contributed by atoms with van der Waals surface area (Å²) >= 11 is 1.50. The van der Waals surface area contributed by atoms with Crippen molar-refractivity contribution in [2.24, 2.45) is 0 Å². The van der Waals surface area contributed by atoms with Gasteiger partial charge in [-0.25, -0.2) is 4.39 Å². The first-order valence-electron chi connectivity index (χ1n) is 8.89. The number of aromatic nitrogens is 3. The van der Waals surface area contributed by atoms with Crippen molar-refractivity contribution in [3.8, 4) is 17.1 Å². The fourth-order valence-corrected chi connectivity index (χ4v) is 3.47. The molecule has 1 aromatic heterocycles. The largest absolute Gasteiger partial charge is 0.494 e. The number of allylic oxidation sites excluding steroid dienone is 1. The van der Waals surface area contributed by atoms with Gasteiger partial charge in [0.2, 0.25) is 0 Å². The Hall–Kier alpha value is -3.20. The molecule has 0 aliphatic rings. The van der Waals surface area contributed by atoms with E-state index < -0.39 is 4.92 Å². The Kier molecular flexibility index (Phi) is 6.96. The van der Waals surface area contributed by atoms with E-state index >= 15 is 0 Å². The number of non-ortho nitro benzene ring substituents is 1. The fourth-order valence-electron chi connectivity index (χ4n) is 2.61. The molecule has 150 valence electrons.